The van der Waals surface area contributed by atoms with Gasteiger partial charge >= 0.3 is 0 Å². The van der Waals surface area contributed by atoms with Crippen molar-refractivity contribution >= 4 is 15.9 Å². The number of rotatable bonds is 2. The fourth-order valence-electron chi connectivity index (χ4n) is 2.91. The highest BCUT2D eigenvalue weighted by Crippen LogP contribution is 2.27. The van der Waals surface area contributed by atoms with Gasteiger partial charge in [0, 0.05) is 24.2 Å². The first kappa shape index (κ1) is 19.8. The molecule has 4 rings (SSSR count). The van der Waals surface area contributed by atoms with Crippen LogP contribution in [0.25, 0.3) is 0 Å². The second-order valence-corrected chi connectivity index (χ2v) is 5.56. The van der Waals surface area contributed by atoms with Crippen molar-refractivity contribution in [2.75, 3.05) is 26.0 Å². The Morgan fingerprint density at radius 3 is 1.60 bits per heavy atom. The molecule has 5 heteroatoms. The monoisotopic (exact) mass is 406 g/mol. The minimum Gasteiger partial charge on any atom is -0.478 e. The molecule has 4 nitrogen and oxygen atoms in total. The third kappa shape index (κ3) is 5.21. The first-order valence-corrected chi connectivity index (χ1v) is 10.2. The molecule has 0 aliphatic carbocycles. The standard InChI is InChI=1S/C17H18N2O2.C2H6.CH3Br/c1-3-7-16-14(5-1)9-18(12-20-16)11-19-10-15-6-2-4-8-17(15)21-13-19;2*1-2/h1-8H,9-13H2;1-2H3;1H3. The summed E-state index contributed by atoms with van der Waals surface area (Å²) >= 11 is 2.94. The maximum absolute atomic E-state index is 5.81. The smallest absolute Gasteiger partial charge is 0.143 e. The largest absolute Gasteiger partial charge is 0.478 e. The first-order valence-electron chi connectivity index (χ1n) is 8.62. The molecule has 0 amide bonds. The summed E-state index contributed by atoms with van der Waals surface area (Å²) in [4.78, 5) is 4.58. The zero-order valence-electron chi connectivity index (χ0n) is 15.2. The topological polar surface area (TPSA) is 24.9 Å². The van der Waals surface area contributed by atoms with Gasteiger partial charge in [0.05, 0.1) is 6.67 Å². The summed E-state index contributed by atoms with van der Waals surface area (Å²) in [7, 11) is 0. The molecule has 0 atom stereocenters. The van der Waals surface area contributed by atoms with Crippen LogP contribution < -0.4 is 9.47 Å². The number of fused-ring (bicyclic) bond motifs is 2. The number of hydrogen-bond acceptors (Lipinski definition) is 4. The van der Waals surface area contributed by atoms with Crippen LogP contribution in [0.1, 0.15) is 25.0 Å². The summed E-state index contributed by atoms with van der Waals surface area (Å²) in [5, 5.41) is 0. The molecule has 0 N–H and O–H groups in total. The van der Waals surface area contributed by atoms with E-state index in [2.05, 4.69) is 50.0 Å². The van der Waals surface area contributed by atoms with Gasteiger partial charge in [0.15, 0.2) is 0 Å². The lowest BCUT2D eigenvalue weighted by Gasteiger charge is -2.35. The molecular formula is C20H27BrN2O2. The molecule has 2 aliphatic heterocycles. The van der Waals surface area contributed by atoms with Gasteiger partial charge in [-0.3, -0.25) is 9.80 Å². The maximum atomic E-state index is 5.81. The van der Waals surface area contributed by atoms with E-state index in [0.717, 1.165) is 31.3 Å². The van der Waals surface area contributed by atoms with Gasteiger partial charge in [-0.2, -0.15) is 0 Å². The van der Waals surface area contributed by atoms with Crippen LogP contribution in [-0.4, -0.2) is 35.8 Å². The second-order valence-electron chi connectivity index (χ2n) is 5.56. The molecule has 136 valence electrons. The molecule has 0 fully saturated rings. The third-order valence-corrected chi connectivity index (χ3v) is 3.94. The van der Waals surface area contributed by atoms with Gasteiger partial charge in [-0.15, -0.1) is 0 Å². The zero-order valence-corrected chi connectivity index (χ0v) is 16.8. The van der Waals surface area contributed by atoms with Gasteiger partial charge in [-0.1, -0.05) is 66.2 Å². The van der Waals surface area contributed by atoms with Crippen molar-refractivity contribution in [1.29, 1.82) is 0 Å². The Labute approximate surface area is 159 Å². The Kier molecular flexibility index (Phi) is 8.25. The molecule has 25 heavy (non-hydrogen) atoms. The minimum atomic E-state index is 0.634. The Morgan fingerprint density at radius 1 is 0.760 bits per heavy atom. The average Bonchev–Trinajstić information content (AvgIpc) is 2.71. The van der Waals surface area contributed by atoms with Gasteiger partial charge in [0.1, 0.15) is 25.0 Å². The van der Waals surface area contributed by atoms with E-state index in [4.69, 9.17) is 9.47 Å². The van der Waals surface area contributed by atoms with Crippen molar-refractivity contribution in [2.45, 2.75) is 26.9 Å². The summed E-state index contributed by atoms with van der Waals surface area (Å²) in [5.74, 6) is 3.83. The second kappa shape index (κ2) is 10.4. The Hall–Kier alpha value is -1.56. The molecule has 0 saturated heterocycles. The van der Waals surface area contributed by atoms with E-state index in [1.807, 2.05) is 43.9 Å². The van der Waals surface area contributed by atoms with E-state index in [0.29, 0.717) is 13.5 Å². The van der Waals surface area contributed by atoms with Gasteiger partial charge in [0.2, 0.25) is 0 Å². The van der Waals surface area contributed by atoms with Crippen LogP contribution in [0.2, 0.25) is 0 Å². The number of halogens is 1. The molecule has 0 unspecified atom stereocenters. The molecule has 2 aromatic rings. The summed E-state index contributed by atoms with van der Waals surface area (Å²) in [6.07, 6.45) is 0. The van der Waals surface area contributed by atoms with E-state index in [-0.39, 0.29) is 0 Å². The Balaban J connectivity index is 0.000000528. The number of nitrogens with zero attached hydrogens (tertiary/aromatic N) is 2. The Morgan fingerprint density at radius 2 is 1.16 bits per heavy atom. The molecule has 0 bridgehead atoms. The zero-order chi connectivity index (χ0) is 18.1. The molecule has 0 saturated carbocycles. The highest BCUT2D eigenvalue weighted by atomic mass is 79.9. The van der Waals surface area contributed by atoms with Gasteiger partial charge < -0.3 is 9.47 Å². The lowest BCUT2D eigenvalue weighted by Crippen LogP contribution is -2.43. The summed E-state index contributed by atoms with van der Waals surface area (Å²) in [6.45, 7) is 7.97. The van der Waals surface area contributed by atoms with E-state index in [9.17, 15) is 0 Å². The summed E-state index contributed by atoms with van der Waals surface area (Å²) in [6, 6.07) is 16.5. The minimum absolute atomic E-state index is 0.634. The SMILES string of the molecule is CBr.CC.c1ccc2c(c1)CN(CN1COc3ccccc3C1)CO2. The van der Waals surface area contributed by atoms with Gasteiger partial charge in [-0.25, -0.2) is 0 Å². The van der Waals surface area contributed by atoms with Crippen molar-refractivity contribution in [2.24, 2.45) is 0 Å². The number of ether oxygens (including phenoxy) is 2. The number of hydrogen-bond donors (Lipinski definition) is 0. The molecular weight excluding hydrogens is 380 g/mol. The van der Waals surface area contributed by atoms with E-state index < -0.39 is 0 Å². The normalized spacial score (nSPS) is 15.8. The van der Waals surface area contributed by atoms with Crippen LogP contribution in [0, 0.1) is 0 Å². The van der Waals surface area contributed by atoms with Gasteiger partial charge in [0.25, 0.3) is 0 Å². The lowest BCUT2D eigenvalue weighted by atomic mass is 10.1. The molecule has 0 radical (unpaired) electrons. The van der Waals surface area contributed by atoms with Crippen molar-refractivity contribution in [3.63, 3.8) is 0 Å². The third-order valence-electron chi connectivity index (χ3n) is 3.94. The fourth-order valence-corrected chi connectivity index (χ4v) is 2.91. The van der Waals surface area contributed by atoms with Crippen LogP contribution in [0.5, 0.6) is 11.5 Å². The van der Waals surface area contributed by atoms with E-state index in [1.165, 1.54) is 11.1 Å². The van der Waals surface area contributed by atoms with E-state index in [1.54, 1.807) is 0 Å². The quantitative estimate of drug-likeness (QED) is 0.675. The maximum Gasteiger partial charge on any atom is 0.143 e. The predicted octanol–water partition coefficient (Wildman–Crippen LogP) is 4.69. The molecule has 2 aliphatic rings. The van der Waals surface area contributed by atoms with Crippen LogP contribution >= 0.6 is 15.9 Å². The molecule has 0 spiro atoms. The lowest BCUT2D eigenvalue weighted by molar-refractivity contribution is -0.00341. The Bertz CT molecular complexity index is 596. The highest BCUT2D eigenvalue weighted by molar-refractivity contribution is 9.08. The summed E-state index contributed by atoms with van der Waals surface area (Å²) < 4.78 is 11.6. The van der Waals surface area contributed by atoms with Crippen molar-refractivity contribution in [3.8, 4) is 11.5 Å². The predicted molar refractivity (Wildman–Crippen MR) is 106 cm³/mol. The number of para-hydroxylation sites is 2. The van der Waals surface area contributed by atoms with Crippen LogP contribution in [-0.2, 0) is 13.1 Å². The van der Waals surface area contributed by atoms with Gasteiger partial charge in [-0.05, 0) is 18.0 Å². The van der Waals surface area contributed by atoms with Crippen molar-refractivity contribution in [3.05, 3.63) is 59.7 Å². The highest BCUT2D eigenvalue weighted by Gasteiger charge is 2.22. The molecule has 0 aromatic heterocycles. The first-order chi connectivity index (χ1) is 12.4. The van der Waals surface area contributed by atoms with Crippen molar-refractivity contribution < 1.29 is 9.47 Å². The molecule has 2 aromatic carbocycles. The van der Waals surface area contributed by atoms with E-state index >= 15 is 0 Å². The van der Waals surface area contributed by atoms with Crippen LogP contribution in [0.4, 0.5) is 0 Å². The van der Waals surface area contributed by atoms with Crippen LogP contribution in [0.3, 0.4) is 0 Å². The number of alkyl halides is 1. The fraction of sp³-hybridized carbons (Fsp3) is 0.400. The van der Waals surface area contributed by atoms with Crippen molar-refractivity contribution in [1.82, 2.24) is 9.80 Å². The summed E-state index contributed by atoms with van der Waals surface area (Å²) in [5.41, 5.74) is 2.50. The molecule has 2 heterocycles. The average molecular weight is 407 g/mol. The van der Waals surface area contributed by atoms with Crippen LogP contribution in [0.15, 0.2) is 48.5 Å². The number of benzene rings is 2.